The SMILES string of the molecule is CC(C)(N)C(=O)Nc1ccccc1OC(F)(F)F. The second-order valence-corrected chi connectivity index (χ2v) is 4.22. The van der Waals surface area contributed by atoms with Crippen LogP contribution in [0.3, 0.4) is 0 Å². The summed E-state index contributed by atoms with van der Waals surface area (Å²) in [6.45, 7) is 2.88. The second kappa shape index (κ2) is 4.85. The first-order chi connectivity index (χ1) is 8.09. The minimum Gasteiger partial charge on any atom is -0.404 e. The van der Waals surface area contributed by atoms with Gasteiger partial charge in [-0.1, -0.05) is 12.1 Å². The fourth-order valence-electron chi connectivity index (χ4n) is 1.07. The Bertz CT molecular complexity index is 439. The van der Waals surface area contributed by atoms with Crippen LogP contribution in [-0.4, -0.2) is 17.8 Å². The number of carbonyl (C=O) groups is 1. The summed E-state index contributed by atoms with van der Waals surface area (Å²) in [4.78, 5) is 11.6. The standard InChI is InChI=1S/C11H13F3N2O2/c1-10(2,15)9(17)16-7-5-3-4-6-8(7)18-11(12,13)14/h3-6H,15H2,1-2H3,(H,16,17). The quantitative estimate of drug-likeness (QED) is 0.878. The molecular formula is C11H13F3N2O2. The van der Waals surface area contributed by atoms with Crippen molar-refractivity contribution in [2.24, 2.45) is 5.73 Å². The average Bonchev–Trinajstić information content (AvgIpc) is 2.17. The molecule has 0 atom stereocenters. The van der Waals surface area contributed by atoms with Crippen molar-refractivity contribution < 1.29 is 22.7 Å². The number of alkyl halides is 3. The maximum Gasteiger partial charge on any atom is 0.573 e. The van der Waals surface area contributed by atoms with E-state index in [9.17, 15) is 18.0 Å². The van der Waals surface area contributed by atoms with Crippen LogP contribution in [0, 0.1) is 0 Å². The van der Waals surface area contributed by atoms with Gasteiger partial charge in [-0.05, 0) is 26.0 Å². The van der Waals surface area contributed by atoms with Crippen LogP contribution in [0.4, 0.5) is 18.9 Å². The molecule has 1 aromatic rings. The Balaban J connectivity index is 2.93. The number of ether oxygens (including phenoxy) is 1. The van der Waals surface area contributed by atoms with Crippen LogP contribution in [0.15, 0.2) is 24.3 Å². The van der Waals surface area contributed by atoms with Gasteiger partial charge in [0.1, 0.15) is 0 Å². The Kier molecular flexibility index (Phi) is 3.85. The van der Waals surface area contributed by atoms with Gasteiger partial charge in [-0.3, -0.25) is 4.79 Å². The first-order valence-electron chi connectivity index (χ1n) is 5.05. The fraction of sp³-hybridized carbons (Fsp3) is 0.364. The lowest BCUT2D eigenvalue weighted by atomic mass is 10.1. The number of carbonyl (C=O) groups excluding carboxylic acids is 1. The summed E-state index contributed by atoms with van der Waals surface area (Å²) in [5, 5.41) is 2.28. The largest absolute Gasteiger partial charge is 0.573 e. The molecule has 0 spiro atoms. The maximum absolute atomic E-state index is 12.1. The molecule has 4 nitrogen and oxygen atoms in total. The van der Waals surface area contributed by atoms with Gasteiger partial charge in [-0.15, -0.1) is 13.2 Å². The zero-order valence-corrected chi connectivity index (χ0v) is 9.84. The lowest BCUT2D eigenvalue weighted by molar-refractivity contribution is -0.274. The highest BCUT2D eigenvalue weighted by molar-refractivity contribution is 5.98. The van der Waals surface area contributed by atoms with Crippen molar-refractivity contribution >= 4 is 11.6 Å². The molecule has 1 amide bonds. The molecule has 0 saturated carbocycles. The third-order valence-electron chi connectivity index (χ3n) is 1.95. The minimum atomic E-state index is -4.82. The summed E-state index contributed by atoms with van der Waals surface area (Å²) in [5.41, 5.74) is 4.24. The second-order valence-electron chi connectivity index (χ2n) is 4.22. The van der Waals surface area contributed by atoms with Gasteiger partial charge in [0.2, 0.25) is 5.91 Å². The van der Waals surface area contributed by atoms with Crippen molar-refractivity contribution in [1.29, 1.82) is 0 Å². The highest BCUT2D eigenvalue weighted by atomic mass is 19.4. The predicted molar refractivity (Wildman–Crippen MR) is 60.0 cm³/mol. The third-order valence-corrected chi connectivity index (χ3v) is 1.95. The van der Waals surface area contributed by atoms with Crippen LogP contribution in [0.5, 0.6) is 5.75 Å². The molecule has 0 aromatic heterocycles. The van der Waals surface area contributed by atoms with E-state index in [4.69, 9.17) is 5.73 Å². The Labute approximate surface area is 102 Å². The van der Waals surface area contributed by atoms with Crippen LogP contribution in [-0.2, 0) is 4.79 Å². The number of amides is 1. The van der Waals surface area contributed by atoms with Gasteiger partial charge in [0, 0.05) is 0 Å². The van der Waals surface area contributed by atoms with Crippen LogP contribution >= 0.6 is 0 Å². The summed E-state index contributed by atoms with van der Waals surface area (Å²) in [5.74, 6) is -1.09. The average molecular weight is 262 g/mol. The zero-order valence-electron chi connectivity index (χ0n) is 9.84. The summed E-state index contributed by atoms with van der Waals surface area (Å²) in [6.07, 6.45) is -4.82. The third kappa shape index (κ3) is 4.25. The van der Waals surface area contributed by atoms with Crippen LogP contribution in [0.2, 0.25) is 0 Å². The maximum atomic E-state index is 12.1. The lowest BCUT2D eigenvalue weighted by Gasteiger charge is -2.19. The van der Waals surface area contributed by atoms with E-state index in [1.54, 1.807) is 0 Å². The molecule has 0 unspecified atom stereocenters. The molecule has 0 saturated heterocycles. The monoisotopic (exact) mass is 262 g/mol. The van der Waals surface area contributed by atoms with Crippen LogP contribution < -0.4 is 15.8 Å². The van der Waals surface area contributed by atoms with E-state index in [0.29, 0.717) is 0 Å². The van der Waals surface area contributed by atoms with E-state index in [2.05, 4.69) is 10.1 Å². The number of nitrogens with two attached hydrogens (primary N) is 1. The first kappa shape index (κ1) is 14.3. The van der Waals surface area contributed by atoms with Crippen molar-refractivity contribution in [3.8, 4) is 5.75 Å². The van der Waals surface area contributed by atoms with Crippen molar-refractivity contribution in [3.63, 3.8) is 0 Å². The highest BCUT2D eigenvalue weighted by Gasteiger charge is 2.32. The Morgan fingerprint density at radius 2 is 1.83 bits per heavy atom. The number of nitrogens with one attached hydrogen (secondary N) is 1. The molecule has 1 rings (SSSR count). The molecule has 0 aliphatic carbocycles. The van der Waals surface area contributed by atoms with Crippen LogP contribution in [0.25, 0.3) is 0 Å². The molecular weight excluding hydrogens is 249 g/mol. The van der Waals surface area contributed by atoms with Gasteiger partial charge < -0.3 is 15.8 Å². The molecule has 1 aromatic carbocycles. The van der Waals surface area contributed by atoms with E-state index in [1.807, 2.05) is 0 Å². The molecule has 0 aliphatic heterocycles. The fourth-order valence-corrected chi connectivity index (χ4v) is 1.07. The Morgan fingerprint density at radius 3 is 2.33 bits per heavy atom. The van der Waals surface area contributed by atoms with E-state index < -0.39 is 23.6 Å². The molecule has 0 radical (unpaired) electrons. The molecule has 0 heterocycles. The van der Waals surface area contributed by atoms with Gasteiger partial charge >= 0.3 is 6.36 Å². The number of benzene rings is 1. The molecule has 100 valence electrons. The van der Waals surface area contributed by atoms with Gasteiger partial charge in [0.25, 0.3) is 0 Å². The van der Waals surface area contributed by atoms with Gasteiger partial charge in [0.05, 0.1) is 11.2 Å². The lowest BCUT2D eigenvalue weighted by Crippen LogP contribution is -2.45. The summed E-state index contributed by atoms with van der Waals surface area (Å²) in [6, 6.07) is 5.24. The van der Waals surface area contributed by atoms with Crippen molar-refractivity contribution in [2.45, 2.75) is 25.7 Å². The van der Waals surface area contributed by atoms with Gasteiger partial charge in [0.15, 0.2) is 5.75 Å². The first-order valence-corrected chi connectivity index (χ1v) is 5.05. The number of anilines is 1. The molecule has 0 bridgehead atoms. The van der Waals surface area contributed by atoms with E-state index >= 15 is 0 Å². The number of halogens is 3. The van der Waals surface area contributed by atoms with Gasteiger partial charge in [-0.25, -0.2) is 0 Å². The molecule has 0 aliphatic rings. The topological polar surface area (TPSA) is 64.4 Å². The van der Waals surface area contributed by atoms with E-state index in [0.717, 1.165) is 6.07 Å². The Morgan fingerprint density at radius 1 is 1.28 bits per heavy atom. The molecule has 0 fully saturated rings. The van der Waals surface area contributed by atoms with Crippen molar-refractivity contribution in [2.75, 3.05) is 5.32 Å². The minimum absolute atomic E-state index is 0.0849. The summed E-state index contributed by atoms with van der Waals surface area (Å²) >= 11 is 0. The van der Waals surface area contributed by atoms with Crippen molar-refractivity contribution in [3.05, 3.63) is 24.3 Å². The number of hydrogen-bond acceptors (Lipinski definition) is 3. The normalized spacial score (nSPS) is 12.1. The number of rotatable bonds is 3. The smallest absolute Gasteiger partial charge is 0.404 e. The van der Waals surface area contributed by atoms with Gasteiger partial charge in [-0.2, -0.15) is 0 Å². The predicted octanol–water partition coefficient (Wildman–Crippen LogP) is 2.26. The number of para-hydroxylation sites is 2. The summed E-state index contributed by atoms with van der Waals surface area (Å²) in [7, 11) is 0. The van der Waals surface area contributed by atoms with Crippen LogP contribution in [0.1, 0.15) is 13.8 Å². The molecule has 7 heteroatoms. The summed E-state index contributed by atoms with van der Waals surface area (Å²) < 4.78 is 40.2. The highest BCUT2D eigenvalue weighted by Crippen LogP contribution is 2.30. The molecule has 3 N–H and O–H groups in total. The zero-order chi connectivity index (χ0) is 14.0. The number of hydrogen-bond donors (Lipinski definition) is 2. The van der Waals surface area contributed by atoms with E-state index in [-0.39, 0.29) is 5.69 Å². The molecule has 18 heavy (non-hydrogen) atoms. The van der Waals surface area contributed by atoms with Crippen molar-refractivity contribution in [1.82, 2.24) is 0 Å². The Hall–Kier alpha value is -1.76. The van der Waals surface area contributed by atoms with E-state index in [1.165, 1.54) is 32.0 Å².